The number of aldehydes is 1. The molecule has 6 heteroatoms. The van der Waals surface area contributed by atoms with Crippen molar-refractivity contribution in [1.29, 1.82) is 0 Å². The Morgan fingerprint density at radius 2 is 1.85 bits per heavy atom. The van der Waals surface area contributed by atoms with Gasteiger partial charge in [-0.25, -0.2) is 0 Å². The Balaban J connectivity index is 0.00000144. The zero-order valence-corrected chi connectivity index (χ0v) is 6.78. The molecule has 0 aliphatic rings. The molecular formula is C7H7NaO4S. The summed E-state index contributed by atoms with van der Waals surface area (Å²) in [5.74, 6) is 0.251. The Labute approximate surface area is 100 Å². The fourth-order valence-electron chi connectivity index (χ4n) is 0.684. The van der Waals surface area contributed by atoms with Crippen molar-refractivity contribution in [3.8, 4) is 5.75 Å². The van der Waals surface area contributed by atoms with Crippen LogP contribution in [0.2, 0.25) is 0 Å². The number of hydrogen-bond acceptors (Lipinski definition) is 3. The Kier molecular flexibility index (Phi) is 6.19. The first-order chi connectivity index (χ1) is 5.72. The van der Waals surface area contributed by atoms with Crippen LogP contribution < -0.4 is 4.18 Å². The van der Waals surface area contributed by atoms with Crippen molar-refractivity contribution in [3.05, 3.63) is 29.8 Å². The van der Waals surface area contributed by atoms with Crippen molar-refractivity contribution in [1.82, 2.24) is 0 Å². The molecule has 1 atom stereocenters. The molecule has 0 saturated heterocycles. The summed E-state index contributed by atoms with van der Waals surface area (Å²) in [6, 6.07) is 5.88. The van der Waals surface area contributed by atoms with Crippen LogP contribution in [-0.4, -0.2) is 44.6 Å². The van der Waals surface area contributed by atoms with Crippen LogP contribution in [0.15, 0.2) is 24.3 Å². The summed E-state index contributed by atoms with van der Waals surface area (Å²) in [5, 5.41) is 0. The molecule has 1 aromatic rings. The van der Waals surface area contributed by atoms with E-state index < -0.39 is 11.4 Å². The predicted octanol–water partition coefficient (Wildman–Crippen LogP) is 0.366. The SMILES string of the molecule is O=Cc1ccc(OS(=O)O)cc1.[NaH]. The van der Waals surface area contributed by atoms with Crippen molar-refractivity contribution >= 4 is 47.2 Å². The van der Waals surface area contributed by atoms with E-state index in [0.29, 0.717) is 11.8 Å². The van der Waals surface area contributed by atoms with Crippen LogP contribution in [0.5, 0.6) is 5.75 Å². The summed E-state index contributed by atoms with van der Waals surface area (Å²) in [6.07, 6.45) is 0.680. The first-order valence-corrected chi connectivity index (χ1v) is 4.10. The summed E-state index contributed by atoms with van der Waals surface area (Å²) >= 11 is -2.31. The van der Waals surface area contributed by atoms with Gasteiger partial charge in [-0.05, 0) is 24.3 Å². The molecule has 66 valence electrons. The van der Waals surface area contributed by atoms with Crippen LogP contribution in [-0.2, 0) is 11.4 Å². The van der Waals surface area contributed by atoms with E-state index in [4.69, 9.17) is 4.55 Å². The van der Waals surface area contributed by atoms with Crippen LogP contribution in [0.25, 0.3) is 0 Å². The van der Waals surface area contributed by atoms with E-state index in [1.165, 1.54) is 24.3 Å². The second-order valence-corrected chi connectivity index (χ2v) is 2.59. The molecule has 0 saturated carbocycles. The molecule has 13 heavy (non-hydrogen) atoms. The molecule has 0 amide bonds. The van der Waals surface area contributed by atoms with Crippen molar-refractivity contribution in [2.45, 2.75) is 0 Å². The summed E-state index contributed by atoms with van der Waals surface area (Å²) in [6.45, 7) is 0. The van der Waals surface area contributed by atoms with Gasteiger partial charge in [-0.3, -0.25) is 9.35 Å². The maximum absolute atomic E-state index is 10.2. The van der Waals surface area contributed by atoms with Gasteiger partial charge < -0.3 is 4.18 Å². The van der Waals surface area contributed by atoms with Gasteiger partial charge in [0, 0.05) is 5.56 Å². The average molecular weight is 210 g/mol. The van der Waals surface area contributed by atoms with E-state index in [1.807, 2.05) is 0 Å². The van der Waals surface area contributed by atoms with Crippen LogP contribution in [0.3, 0.4) is 0 Å². The number of rotatable bonds is 3. The molecule has 1 rings (SSSR count). The molecule has 0 aliphatic carbocycles. The number of hydrogen-bond donors (Lipinski definition) is 1. The van der Waals surface area contributed by atoms with Gasteiger partial charge in [0.1, 0.15) is 12.0 Å². The molecule has 0 bridgehead atoms. The Hall–Kier alpha value is -0.200. The molecule has 0 heterocycles. The van der Waals surface area contributed by atoms with Crippen LogP contribution in [0, 0.1) is 0 Å². The topological polar surface area (TPSA) is 63.6 Å². The average Bonchev–Trinajstić information content (AvgIpc) is 2.05. The maximum atomic E-state index is 10.2. The van der Waals surface area contributed by atoms with E-state index in [-0.39, 0.29) is 35.3 Å². The van der Waals surface area contributed by atoms with Crippen molar-refractivity contribution in [2.24, 2.45) is 0 Å². The van der Waals surface area contributed by atoms with E-state index in [1.54, 1.807) is 0 Å². The van der Waals surface area contributed by atoms with Gasteiger partial charge in [-0.15, -0.1) is 0 Å². The molecule has 0 aliphatic heterocycles. The molecule has 0 spiro atoms. The second kappa shape index (κ2) is 6.28. The monoisotopic (exact) mass is 210 g/mol. The minimum absolute atomic E-state index is 0. The molecule has 1 N–H and O–H groups in total. The van der Waals surface area contributed by atoms with Crippen LogP contribution in [0.1, 0.15) is 10.4 Å². The number of benzene rings is 1. The van der Waals surface area contributed by atoms with Gasteiger partial charge in [-0.2, -0.15) is 4.21 Å². The molecule has 1 unspecified atom stereocenters. The standard InChI is InChI=1S/C7H6O4S.Na.H/c8-5-6-1-3-7(4-2-6)11-12(9)10;;/h1-5H,(H,9,10);;. The second-order valence-electron chi connectivity index (χ2n) is 1.99. The minimum atomic E-state index is -2.31. The third-order valence-electron chi connectivity index (χ3n) is 1.18. The third-order valence-corrected chi connectivity index (χ3v) is 1.52. The Morgan fingerprint density at radius 3 is 2.23 bits per heavy atom. The quantitative estimate of drug-likeness (QED) is 0.444. The van der Waals surface area contributed by atoms with Gasteiger partial charge in [0.25, 0.3) is 0 Å². The Bertz CT molecular complexity index is 298. The van der Waals surface area contributed by atoms with E-state index in [2.05, 4.69) is 4.18 Å². The normalized spacial score (nSPS) is 11.2. The van der Waals surface area contributed by atoms with Gasteiger partial charge >= 0.3 is 40.9 Å². The van der Waals surface area contributed by atoms with Gasteiger partial charge in [0.05, 0.1) is 0 Å². The zero-order valence-electron chi connectivity index (χ0n) is 5.97. The third kappa shape index (κ3) is 4.54. The fourth-order valence-corrected chi connectivity index (χ4v) is 0.960. The first-order valence-electron chi connectivity index (χ1n) is 3.07. The zero-order chi connectivity index (χ0) is 8.97. The van der Waals surface area contributed by atoms with E-state index in [9.17, 15) is 9.00 Å². The van der Waals surface area contributed by atoms with Crippen molar-refractivity contribution < 1.29 is 17.7 Å². The molecule has 0 radical (unpaired) electrons. The summed E-state index contributed by atoms with van der Waals surface area (Å²) < 4.78 is 22.9. The van der Waals surface area contributed by atoms with Crippen molar-refractivity contribution in [2.75, 3.05) is 0 Å². The summed E-state index contributed by atoms with van der Waals surface area (Å²) in [7, 11) is 0. The van der Waals surface area contributed by atoms with Crippen molar-refractivity contribution in [3.63, 3.8) is 0 Å². The molecule has 1 aromatic carbocycles. The summed E-state index contributed by atoms with van der Waals surface area (Å²) in [5.41, 5.74) is 0.492. The molecule has 0 fully saturated rings. The van der Waals surface area contributed by atoms with Gasteiger partial charge in [-0.1, -0.05) is 0 Å². The van der Waals surface area contributed by atoms with Gasteiger partial charge in [0.15, 0.2) is 0 Å². The van der Waals surface area contributed by atoms with E-state index in [0.717, 1.165) is 0 Å². The van der Waals surface area contributed by atoms with E-state index >= 15 is 0 Å². The Morgan fingerprint density at radius 1 is 1.31 bits per heavy atom. The number of carbonyl (C=O) groups excluding carboxylic acids is 1. The number of carbonyl (C=O) groups is 1. The fraction of sp³-hybridized carbons (Fsp3) is 0. The molecular weight excluding hydrogens is 203 g/mol. The molecule has 4 nitrogen and oxygen atoms in total. The predicted molar refractivity (Wildman–Crippen MR) is 50.4 cm³/mol. The first kappa shape index (κ1) is 12.8. The van der Waals surface area contributed by atoms with Crippen LogP contribution >= 0.6 is 0 Å². The van der Waals surface area contributed by atoms with Gasteiger partial charge in [0.2, 0.25) is 0 Å². The van der Waals surface area contributed by atoms with Crippen LogP contribution in [0.4, 0.5) is 0 Å². The molecule has 0 aromatic heterocycles. The summed E-state index contributed by atoms with van der Waals surface area (Å²) in [4.78, 5) is 10.2.